The summed E-state index contributed by atoms with van der Waals surface area (Å²) in [4.78, 5) is 14.7. The van der Waals surface area contributed by atoms with Crippen LogP contribution in [0.2, 0.25) is 0 Å². The second-order valence-corrected chi connectivity index (χ2v) is 6.77. The molecular weight excluding hydrogens is 270 g/mol. The number of ether oxygens (including phenoxy) is 1. The Labute approximate surface area is 112 Å². The highest BCUT2D eigenvalue weighted by atomic mass is 32.2. The number of hydrogen-bond donors (Lipinski definition) is 1. The van der Waals surface area contributed by atoms with Gasteiger partial charge in [0.15, 0.2) is 9.84 Å². The van der Waals surface area contributed by atoms with E-state index in [9.17, 15) is 13.2 Å². The van der Waals surface area contributed by atoms with Crippen molar-refractivity contribution in [2.75, 3.05) is 7.11 Å². The number of nitrogens with zero attached hydrogens (tertiary/aromatic N) is 1. The van der Waals surface area contributed by atoms with E-state index in [0.717, 1.165) is 0 Å². The maximum absolute atomic E-state index is 12.0. The fourth-order valence-electron chi connectivity index (χ4n) is 1.62. The largest absolute Gasteiger partial charge is 0.497 e. The van der Waals surface area contributed by atoms with Gasteiger partial charge in [-0.2, -0.15) is 0 Å². The molecule has 0 aliphatic carbocycles. The highest BCUT2D eigenvalue weighted by molar-refractivity contribution is 7.91. The number of hydrogen-bond acceptors (Lipinski definition) is 5. The number of carboxylic acid groups (broad SMARTS) is 1. The Morgan fingerprint density at radius 1 is 1.47 bits per heavy atom. The molecule has 1 rings (SSSR count). The lowest BCUT2D eigenvalue weighted by molar-refractivity contribution is -0.136. The van der Waals surface area contributed by atoms with Crippen LogP contribution >= 0.6 is 0 Å². The summed E-state index contributed by atoms with van der Waals surface area (Å²) < 4.78 is 29.1. The lowest BCUT2D eigenvalue weighted by Gasteiger charge is -2.11. The third-order valence-electron chi connectivity index (χ3n) is 2.64. The maximum Gasteiger partial charge on any atom is 0.304 e. The molecule has 0 amide bonds. The fourth-order valence-corrected chi connectivity index (χ4v) is 2.86. The summed E-state index contributed by atoms with van der Waals surface area (Å²) in [5.41, 5.74) is 1.00. The first-order chi connectivity index (χ1) is 8.74. The normalized spacial score (nSPS) is 13.0. The molecule has 0 aromatic carbocycles. The van der Waals surface area contributed by atoms with Gasteiger partial charge in [0.1, 0.15) is 5.75 Å². The Bertz CT molecular complexity index is 567. The molecule has 1 aromatic rings. The topological polar surface area (TPSA) is 93.6 Å². The summed E-state index contributed by atoms with van der Waals surface area (Å²) in [6.07, 6.45) is -0.411. The molecule has 19 heavy (non-hydrogen) atoms. The second kappa shape index (κ2) is 6.01. The molecule has 0 radical (unpaired) electrons. The molecule has 6 nitrogen and oxygen atoms in total. The summed E-state index contributed by atoms with van der Waals surface area (Å²) in [5.74, 6) is -0.895. The number of rotatable bonds is 6. The van der Waals surface area contributed by atoms with Crippen molar-refractivity contribution in [2.45, 2.75) is 31.3 Å². The van der Waals surface area contributed by atoms with Gasteiger partial charge in [-0.1, -0.05) is 0 Å². The summed E-state index contributed by atoms with van der Waals surface area (Å²) in [7, 11) is -2.06. The van der Waals surface area contributed by atoms with Gasteiger partial charge in [-0.15, -0.1) is 0 Å². The SMILES string of the molecule is COc1cc(C)nc(CS(=O)(=O)C(C)CC(=O)O)c1. The number of carbonyl (C=O) groups is 1. The van der Waals surface area contributed by atoms with Gasteiger partial charge in [-0.05, 0) is 13.8 Å². The lowest BCUT2D eigenvalue weighted by Crippen LogP contribution is -2.23. The Hall–Kier alpha value is -1.63. The van der Waals surface area contributed by atoms with Gasteiger partial charge in [0, 0.05) is 17.8 Å². The second-order valence-electron chi connectivity index (χ2n) is 4.36. The first-order valence-corrected chi connectivity index (χ1v) is 7.41. The third-order valence-corrected chi connectivity index (χ3v) is 4.73. The Morgan fingerprint density at radius 2 is 2.11 bits per heavy atom. The van der Waals surface area contributed by atoms with Gasteiger partial charge in [-0.25, -0.2) is 8.42 Å². The van der Waals surface area contributed by atoms with E-state index in [1.54, 1.807) is 13.0 Å². The van der Waals surface area contributed by atoms with Crippen molar-refractivity contribution in [3.63, 3.8) is 0 Å². The van der Waals surface area contributed by atoms with Crippen LogP contribution in [-0.2, 0) is 20.4 Å². The van der Waals surface area contributed by atoms with Crippen LogP contribution in [0, 0.1) is 6.92 Å². The zero-order valence-electron chi connectivity index (χ0n) is 11.1. The van der Waals surface area contributed by atoms with Gasteiger partial charge in [0.25, 0.3) is 0 Å². The minimum Gasteiger partial charge on any atom is -0.497 e. The van der Waals surface area contributed by atoms with Crippen LogP contribution in [0.1, 0.15) is 24.7 Å². The highest BCUT2D eigenvalue weighted by Gasteiger charge is 2.24. The van der Waals surface area contributed by atoms with E-state index < -0.39 is 27.5 Å². The summed E-state index contributed by atoms with van der Waals surface area (Å²) in [6, 6.07) is 3.23. The van der Waals surface area contributed by atoms with E-state index in [1.807, 2.05) is 0 Å². The van der Waals surface area contributed by atoms with E-state index in [4.69, 9.17) is 9.84 Å². The van der Waals surface area contributed by atoms with Crippen molar-refractivity contribution in [2.24, 2.45) is 0 Å². The van der Waals surface area contributed by atoms with Gasteiger partial charge < -0.3 is 9.84 Å². The number of aryl methyl sites for hydroxylation is 1. The minimum absolute atomic E-state index is 0.292. The molecular formula is C12H17NO5S. The number of carboxylic acids is 1. The van der Waals surface area contributed by atoms with Crippen LogP contribution in [0.5, 0.6) is 5.75 Å². The van der Waals surface area contributed by atoms with Crippen LogP contribution in [0.3, 0.4) is 0 Å². The summed E-state index contributed by atoms with van der Waals surface area (Å²) in [6.45, 7) is 3.12. The van der Waals surface area contributed by atoms with Crippen LogP contribution in [0.25, 0.3) is 0 Å². The molecule has 1 N–H and O–H groups in total. The van der Waals surface area contributed by atoms with Crippen molar-refractivity contribution in [3.8, 4) is 5.75 Å². The first-order valence-electron chi connectivity index (χ1n) is 5.69. The predicted molar refractivity (Wildman–Crippen MR) is 69.9 cm³/mol. The first kappa shape index (κ1) is 15.4. The summed E-state index contributed by atoms with van der Waals surface area (Å²) >= 11 is 0. The number of aliphatic carboxylic acids is 1. The fraction of sp³-hybridized carbons (Fsp3) is 0.500. The van der Waals surface area contributed by atoms with Gasteiger partial charge in [0.05, 0.1) is 30.2 Å². The molecule has 1 aromatic heterocycles. The maximum atomic E-state index is 12.0. The number of aromatic nitrogens is 1. The number of methoxy groups -OCH3 is 1. The molecule has 106 valence electrons. The van der Waals surface area contributed by atoms with Crippen molar-refractivity contribution in [3.05, 3.63) is 23.5 Å². The highest BCUT2D eigenvalue weighted by Crippen LogP contribution is 2.18. The molecule has 1 atom stereocenters. The molecule has 7 heteroatoms. The quantitative estimate of drug-likeness (QED) is 0.844. The van der Waals surface area contributed by atoms with Crippen LogP contribution < -0.4 is 4.74 Å². The Morgan fingerprint density at radius 3 is 2.63 bits per heavy atom. The van der Waals surface area contributed by atoms with Crippen molar-refractivity contribution in [1.82, 2.24) is 4.98 Å². The summed E-state index contributed by atoms with van der Waals surface area (Å²) in [5, 5.41) is 7.69. The molecule has 0 fully saturated rings. The molecule has 0 saturated carbocycles. The smallest absolute Gasteiger partial charge is 0.304 e. The van der Waals surface area contributed by atoms with Crippen molar-refractivity contribution >= 4 is 15.8 Å². The van der Waals surface area contributed by atoms with E-state index in [0.29, 0.717) is 17.1 Å². The van der Waals surface area contributed by atoms with Gasteiger partial charge in [-0.3, -0.25) is 9.78 Å². The number of pyridine rings is 1. The molecule has 1 unspecified atom stereocenters. The Balaban J connectivity index is 2.95. The minimum atomic E-state index is -3.55. The molecule has 0 aliphatic rings. The van der Waals surface area contributed by atoms with Gasteiger partial charge >= 0.3 is 5.97 Å². The molecule has 0 saturated heterocycles. The van der Waals surface area contributed by atoms with Crippen LogP contribution in [-0.4, -0.2) is 36.8 Å². The zero-order chi connectivity index (χ0) is 14.6. The molecule has 1 heterocycles. The predicted octanol–water partition coefficient (Wildman–Crippen LogP) is 1.18. The van der Waals surface area contributed by atoms with E-state index in [1.165, 1.54) is 20.1 Å². The molecule has 0 aliphatic heterocycles. The van der Waals surface area contributed by atoms with E-state index >= 15 is 0 Å². The third kappa shape index (κ3) is 4.51. The molecule has 0 bridgehead atoms. The van der Waals surface area contributed by atoms with E-state index in [-0.39, 0.29) is 5.75 Å². The van der Waals surface area contributed by atoms with E-state index in [2.05, 4.69) is 4.98 Å². The van der Waals surface area contributed by atoms with Crippen molar-refractivity contribution in [1.29, 1.82) is 0 Å². The monoisotopic (exact) mass is 287 g/mol. The number of sulfone groups is 1. The van der Waals surface area contributed by atoms with Crippen molar-refractivity contribution < 1.29 is 23.1 Å². The average molecular weight is 287 g/mol. The Kier molecular flexibility index (Phi) is 4.88. The lowest BCUT2D eigenvalue weighted by atomic mass is 10.3. The molecule has 0 spiro atoms. The standard InChI is InChI=1S/C12H17NO5S/c1-8-4-11(18-3)6-10(13-8)7-19(16,17)9(2)5-12(14)15/h4,6,9H,5,7H2,1-3H3,(H,14,15). The zero-order valence-corrected chi connectivity index (χ0v) is 11.9. The average Bonchev–Trinajstić information content (AvgIpc) is 2.26. The van der Waals surface area contributed by atoms with Crippen LogP contribution in [0.15, 0.2) is 12.1 Å². The van der Waals surface area contributed by atoms with Gasteiger partial charge in [0.2, 0.25) is 0 Å². The van der Waals surface area contributed by atoms with Crippen LogP contribution in [0.4, 0.5) is 0 Å².